The SMILES string of the molecule is O=C(CNC(=O)c1ccc(F)cc1)Nc1cccc(CN2C(=O)CNC2=O)c1. The van der Waals surface area contributed by atoms with Crippen molar-refractivity contribution in [1.82, 2.24) is 15.5 Å². The molecule has 1 heterocycles. The molecule has 1 aliphatic heterocycles. The van der Waals surface area contributed by atoms with E-state index in [0.717, 1.165) is 17.0 Å². The summed E-state index contributed by atoms with van der Waals surface area (Å²) in [6.45, 7) is -0.202. The number of amides is 5. The van der Waals surface area contributed by atoms with Crippen LogP contribution in [0.25, 0.3) is 0 Å². The van der Waals surface area contributed by atoms with E-state index in [1.165, 1.54) is 12.1 Å². The van der Waals surface area contributed by atoms with E-state index in [4.69, 9.17) is 0 Å². The highest BCUT2D eigenvalue weighted by molar-refractivity contribution is 6.02. The summed E-state index contributed by atoms with van der Waals surface area (Å²) in [6.07, 6.45) is 0. The first-order chi connectivity index (χ1) is 13.4. The normalized spacial score (nSPS) is 13.2. The van der Waals surface area contributed by atoms with Crippen molar-refractivity contribution >= 4 is 29.4 Å². The summed E-state index contributed by atoms with van der Waals surface area (Å²) in [5, 5.41) is 7.51. The maximum absolute atomic E-state index is 12.9. The van der Waals surface area contributed by atoms with Crippen LogP contribution in [0.4, 0.5) is 14.9 Å². The predicted molar refractivity (Wildman–Crippen MR) is 97.8 cm³/mol. The van der Waals surface area contributed by atoms with Crippen molar-refractivity contribution in [3.63, 3.8) is 0 Å². The lowest BCUT2D eigenvalue weighted by Gasteiger charge is -2.13. The number of benzene rings is 2. The Bertz CT molecular complexity index is 914. The quantitative estimate of drug-likeness (QED) is 0.652. The second-order valence-electron chi connectivity index (χ2n) is 6.08. The molecule has 3 N–H and O–H groups in total. The second-order valence-corrected chi connectivity index (χ2v) is 6.08. The Kier molecular flexibility index (Phi) is 5.64. The van der Waals surface area contributed by atoms with Gasteiger partial charge in [-0.1, -0.05) is 12.1 Å². The molecule has 28 heavy (non-hydrogen) atoms. The lowest BCUT2D eigenvalue weighted by Crippen LogP contribution is -2.33. The van der Waals surface area contributed by atoms with E-state index in [2.05, 4.69) is 16.0 Å². The number of anilines is 1. The van der Waals surface area contributed by atoms with Crippen LogP contribution in [-0.2, 0) is 16.1 Å². The highest BCUT2D eigenvalue weighted by Gasteiger charge is 2.28. The summed E-state index contributed by atoms with van der Waals surface area (Å²) in [6, 6.07) is 11.2. The van der Waals surface area contributed by atoms with Crippen LogP contribution < -0.4 is 16.0 Å². The van der Waals surface area contributed by atoms with Gasteiger partial charge in [0.15, 0.2) is 0 Å². The zero-order chi connectivity index (χ0) is 20.1. The Morgan fingerprint density at radius 2 is 1.86 bits per heavy atom. The fourth-order valence-corrected chi connectivity index (χ4v) is 2.61. The number of urea groups is 1. The fourth-order valence-electron chi connectivity index (χ4n) is 2.61. The Labute approximate surface area is 159 Å². The van der Waals surface area contributed by atoms with Crippen LogP contribution in [0.15, 0.2) is 48.5 Å². The summed E-state index contributed by atoms with van der Waals surface area (Å²) in [5.74, 6) is -1.73. The smallest absolute Gasteiger partial charge is 0.324 e. The van der Waals surface area contributed by atoms with Gasteiger partial charge in [-0.15, -0.1) is 0 Å². The number of rotatable bonds is 6. The van der Waals surface area contributed by atoms with E-state index in [1.807, 2.05) is 0 Å². The van der Waals surface area contributed by atoms with Crippen LogP contribution in [0, 0.1) is 5.82 Å². The van der Waals surface area contributed by atoms with E-state index >= 15 is 0 Å². The van der Waals surface area contributed by atoms with Crippen molar-refractivity contribution in [2.45, 2.75) is 6.54 Å². The van der Waals surface area contributed by atoms with Crippen LogP contribution in [0.2, 0.25) is 0 Å². The lowest BCUT2D eigenvalue weighted by molar-refractivity contribution is -0.125. The molecule has 144 valence electrons. The highest BCUT2D eigenvalue weighted by Crippen LogP contribution is 2.14. The number of imide groups is 1. The predicted octanol–water partition coefficient (Wildman–Crippen LogP) is 1.25. The van der Waals surface area contributed by atoms with E-state index in [1.54, 1.807) is 24.3 Å². The first-order valence-electron chi connectivity index (χ1n) is 8.43. The molecule has 1 saturated heterocycles. The minimum absolute atomic E-state index is 0.0248. The van der Waals surface area contributed by atoms with Gasteiger partial charge < -0.3 is 16.0 Å². The summed E-state index contributed by atoms with van der Waals surface area (Å²) in [7, 11) is 0. The zero-order valence-electron chi connectivity index (χ0n) is 14.7. The van der Waals surface area contributed by atoms with E-state index in [0.29, 0.717) is 11.3 Å². The van der Waals surface area contributed by atoms with Gasteiger partial charge in [-0.25, -0.2) is 9.18 Å². The summed E-state index contributed by atoms with van der Waals surface area (Å²) in [4.78, 5) is 48.3. The van der Waals surface area contributed by atoms with Gasteiger partial charge in [-0.2, -0.15) is 0 Å². The van der Waals surface area contributed by atoms with E-state index < -0.39 is 23.7 Å². The van der Waals surface area contributed by atoms with Gasteiger partial charge in [0, 0.05) is 11.3 Å². The van der Waals surface area contributed by atoms with Gasteiger partial charge in [0.2, 0.25) is 11.8 Å². The molecule has 5 amide bonds. The molecule has 1 fully saturated rings. The van der Waals surface area contributed by atoms with Crippen LogP contribution in [0.1, 0.15) is 15.9 Å². The third-order valence-corrected chi connectivity index (χ3v) is 4.00. The average Bonchev–Trinajstić information content (AvgIpc) is 2.99. The standard InChI is InChI=1S/C19H17FN4O4/c20-14-6-4-13(5-7-14)18(27)21-9-16(25)23-15-3-1-2-12(8-15)11-24-17(26)10-22-19(24)28/h1-8H,9-11H2,(H,21,27)(H,22,28)(H,23,25). The molecule has 0 aliphatic carbocycles. The summed E-state index contributed by atoms with van der Waals surface area (Å²) in [5.41, 5.74) is 1.37. The number of carbonyl (C=O) groups excluding carboxylic acids is 4. The number of halogens is 1. The number of hydrogen-bond donors (Lipinski definition) is 3. The average molecular weight is 384 g/mol. The maximum atomic E-state index is 12.9. The first kappa shape index (κ1) is 19.0. The number of nitrogens with zero attached hydrogens (tertiary/aromatic N) is 1. The molecule has 0 bridgehead atoms. The Morgan fingerprint density at radius 3 is 2.54 bits per heavy atom. The van der Waals surface area contributed by atoms with Crippen molar-refractivity contribution in [3.8, 4) is 0 Å². The van der Waals surface area contributed by atoms with Gasteiger partial charge in [-0.05, 0) is 42.0 Å². The van der Waals surface area contributed by atoms with Crippen LogP contribution in [-0.4, -0.2) is 41.7 Å². The Balaban J connectivity index is 1.54. The minimum Gasteiger partial charge on any atom is -0.343 e. The molecule has 0 atom stereocenters. The Morgan fingerprint density at radius 1 is 1.11 bits per heavy atom. The molecule has 0 saturated carbocycles. The van der Waals surface area contributed by atoms with Gasteiger partial charge in [-0.3, -0.25) is 19.3 Å². The Hall–Kier alpha value is -3.75. The van der Waals surface area contributed by atoms with E-state index in [9.17, 15) is 23.6 Å². The van der Waals surface area contributed by atoms with Crippen LogP contribution in [0.3, 0.4) is 0 Å². The van der Waals surface area contributed by atoms with Crippen molar-refractivity contribution in [1.29, 1.82) is 0 Å². The second kappa shape index (κ2) is 8.30. The topological polar surface area (TPSA) is 108 Å². The third kappa shape index (κ3) is 4.70. The van der Waals surface area contributed by atoms with Crippen molar-refractivity contribution < 1.29 is 23.6 Å². The molecule has 0 radical (unpaired) electrons. The van der Waals surface area contributed by atoms with Gasteiger partial charge in [0.25, 0.3) is 5.91 Å². The zero-order valence-corrected chi connectivity index (χ0v) is 14.7. The van der Waals surface area contributed by atoms with Crippen molar-refractivity contribution in [2.24, 2.45) is 0 Å². The molecule has 0 unspecified atom stereocenters. The largest absolute Gasteiger partial charge is 0.343 e. The molecule has 1 aliphatic rings. The highest BCUT2D eigenvalue weighted by atomic mass is 19.1. The van der Waals surface area contributed by atoms with Crippen molar-refractivity contribution in [2.75, 3.05) is 18.4 Å². The lowest BCUT2D eigenvalue weighted by atomic mass is 10.2. The third-order valence-electron chi connectivity index (χ3n) is 4.00. The number of nitrogens with one attached hydrogen (secondary N) is 3. The fraction of sp³-hybridized carbons (Fsp3) is 0.158. The number of carbonyl (C=O) groups is 4. The monoisotopic (exact) mass is 384 g/mol. The van der Waals surface area contributed by atoms with Crippen LogP contribution >= 0.6 is 0 Å². The van der Waals surface area contributed by atoms with Gasteiger partial charge >= 0.3 is 6.03 Å². The summed E-state index contributed by atoms with van der Waals surface area (Å²) >= 11 is 0. The molecular formula is C19H17FN4O4. The number of hydrogen-bond acceptors (Lipinski definition) is 4. The molecule has 0 spiro atoms. The molecule has 0 aromatic heterocycles. The van der Waals surface area contributed by atoms with E-state index in [-0.39, 0.29) is 31.1 Å². The molecule has 2 aromatic rings. The van der Waals surface area contributed by atoms with Crippen LogP contribution in [0.5, 0.6) is 0 Å². The molecule has 9 heteroatoms. The molecular weight excluding hydrogens is 367 g/mol. The van der Waals surface area contributed by atoms with Crippen molar-refractivity contribution in [3.05, 3.63) is 65.5 Å². The summed E-state index contributed by atoms with van der Waals surface area (Å²) < 4.78 is 12.9. The maximum Gasteiger partial charge on any atom is 0.324 e. The van der Waals surface area contributed by atoms with Gasteiger partial charge in [0.05, 0.1) is 19.6 Å². The van der Waals surface area contributed by atoms with Gasteiger partial charge in [0.1, 0.15) is 5.82 Å². The molecule has 8 nitrogen and oxygen atoms in total. The molecule has 3 rings (SSSR count). The molecule has 2 aromatic carbocycles. The minimum atomic E-state index is -0.498. The first-order valence-corrected chi connectivity index (χ1v) is 8.43.